The van der Waals surface area contributed by atoms with E-state index in [1.165, 1.54) is 29.3 Å². The van der Waals surface area contributed by atoms with Gasteiger partial charge in [-0.05, 0) is 54.5 Å². The lowest BCUT2D eigenvalue weighted by Gasteiger charge is -2.25. The summed E-state index contributed by atoms with van der Waals surface area (Å²) in [7, 11) is -1.20. The molecule has 0 aliphatic heterocycles. The molecule has 2 atom stereocenters. The Bertz CT molecular complexity index is 686. The van der Waals surface area contributed by atoms with Gasteiger partial charge in [0.25, 0.3) is 0 Å². The van der Waals surface area contributed by atoms with Crippen LogP contribution in [0.3, 0.4) is 0 Å². The van der Waals surface area contributed by atoms with Gasteiger partial charge in [0.1, 0.15) is 5.82 Å². The number of nitrogens with two attached hydrogens (primary N) is 1. The highest BCUT2D eigenvalue weighted by Crippen LogP contribution is 2.33. The van der Waals surface area contributed by atoms with Gasteiger partial charge in [-0.1, -0.05) is 24.3 Å². The maximum atomic E-state index is 13.1. The molecule has 3 rings (SSSR count). The average Bonchev–Trinajstić information content (AvgIpc) is 2.47. The molecule has 0 radical (unpaired) electrons. The molecule has 2 aromatic carbocycles. The van der Waals surface area contributed by atoms with E-state index in [2.05, 4.69) is 18.2 Å². The van der Waals surface area contributed by atoms with E-state index in [1.807, 2.05) is 6.07 Å². The van der Waals surface area contributed by atoms with Crippen LogP contribution in [0.4, 0.5) is 10.1 Å². The maximum absolute atomic E-state index is 13.1. The van der Waals surface area contributed by atoms with Crippen molar-refractivity contribution in [3.8, 4) is 0 Å². The first kappa shape index (κ1) is 14.3. The molecule has 4 heteroatoms. The fourth-order valence-electron chi connectivity index (χ4n) is 3.03. The molecule has 1 aliphatic carbocycles. The predicted molar refractivity (Wildman–Crippen MR) is 84.2 cm³/mol. The van der Waals surface area contributed by atoms with E-state index in [4.69, 9.17) is 5.73 Å². The highest BCUT2D eigenvalue weighted by atomic mass is 32.2. The summed E-state index contributed by atoms with van der Waals surface area (Å²) in [5.74, 6) is 0.448. The fraction of sp³-hybridized carbons (Fsp3) is 0.294. The second kappa shape index (κ2) is 5.98. The van der Waals surface area contributed by atoms with Gasteiger partial charge in [-0.2, -0.15) is 0 Å². The number of hydrogen-bond acceptors (Lipinski definition) is 2. The van der Waals surface area contributed by atoms with Crippen molar-refractivity contribution in [1.29, 1.82) is 0 Å². The molecule has 0 aromatic heterocycles. The number of aryl methyl sites for hydroxylation is 1. The number of nitrogen functional groups attached to an aromatic ring is 1. The van der Waals surface area contributed by atoms with E-state index in [-0.39, 0.29) is 5.69 Å². The van der Waals surface area contributed by atoms with Crippen LogP contribution in [-0.2, 0) is 17.2 Å². The summed E-state index contributed by atoms with van der Waals surface area (Å²) in [5.41, 5.74) is 8.73. The smallest absolute Gasteiger partial charge is 0.125 e. The van der Waals surface area contributed by atoms with Crippen LogP contribution in [0.5, 0.6) is 0 Å². The molecule has 0 saturated carbocycles. The topological polar surface area (TPSA) is 43.1 Å². The molecule has 2 unspecified atom stereocenters. The molecule has 0 amide bonds. The van der Waals surface area contributed by atoms with Crippen molar-refractivity contribution in [1.82, 2.24) is 0 Å². The maximum Gasteiger partial charge on any atom is 0.125 e. The molecule has 0 bridgehead atoms. The van der Waals surface area contributed by atoms with Gasteiger partial charge in [0.2, 0.25) is 0 Å². The van der Waals surface area contributed by atoms with Crippen LogP contribution in [0.1, 0.15) is 29.9 Å². The number of hydrogen-bond donors (Lipinski definition) is 1. The van der Waals surface area contributed by atoms with Crippen LogP contribution < -0.4 is 5.73 Å². The van der Waals surface area contributed by atoms with E-state index < -0.39 is 16.6 Å². The summed E-state index contributed by atoms with van der Waals surface area (Å²) in [4.78, 5) is 0.541. The Morgan fingerprint density at radius 2 is 2.05 bits per heavy atom. The monoisotopic (exact) mass is 303 g/mol. The summed E-state index contributed by atoms with van der Waals surface area (Å²) >= 11 is 0. The van der Waals surface area contributed by atoms with Gasteiger partial charge in [-0.15, -0.1) is 0 Å². The lowest BCUT2D eigenvalue weighted by molar-refractivity contribution is 0.588. The van der Waals surface area contributed by atoms with Crippen molar-refractivity contribution in [2.75, 3.05) is 11.5 Å². The zero-order valence-corrected chi connectivity index (χ0v) is 12.5. The second-order valence-electron chi connectivity index (χ2n) is 5.48. The quantitative estimate of drug-likeness (QED) is 0.880. The summed E-state index contributed by atoms with van der Waals surface area (Å²) in [5, 5.41) is 0. The van der Waals surface area contributed by atoms with E-state index in [9.17, 15) is 8.60 Å². The summed E-state index contributed by atoms with van der Waals surface area (Å²) in [6, 6.07) is 12.5. The van der Waals surface area contributed by atoms with Gasteiger partial charge >= 0.3 is 0 Å². The van der Waals surface area contributed by atoms with Crippen molar-refractivity contribution in [2.24, 2.45) is 0 Å². The molecule has 21 heavy (non-hydrogen) atoms. The molecule has 0 heterocycles. The minimum absolute atomic E-state index is 0.275. The number of benzene rings is 2. The third-order valence-corrected chi connectivity index (χ3v) is 5.63. The highest BCUT2D eigenvalue weighted by molar-refractivity contribution is 7.85. The molecule has 1 aliphatic rings. The van der Waals surface area contributed by atoms with Crippen LogP contribution in [-0.4, -0.2) is 9.96 Å². The highest BCUT2D eigenvalue weighted by Gasteiger charge is 2.23. The Labute approximate surface area is 126 Å². The van der Waals surface area contributed by atoms with Gasteiger partial charge in [0.15, 0.2) is 0 Å². The first-order valence-electron chi connectivity index (χ1n) is 7.16. The molecule has 2 aromatic rings. The van der Waals surface area contributed by atoms with Crippen LogP contribution in [0.25, 0.3) is 0 Å². The summed E-state index contributed by atoms with van der Waals surface area (Å²) < 4.78 is 25.7. The average molecular weight is 303 g/mol. The van der Waals surface area contributed by atoms with Crippen molar-refractivity contribution >= 4 is 16.5 Å². The zero-order valence-electron chi connectivity index (χ0n) is 11.7. The Morgan fingerprint density at radius 1 is 1.24 bits per heavy atom. The van der Waals surface area contributed by atoms with E-state index in [1.54, 1.807) is 0 Å². The molecule has 0 fully saturated rings. The molecular formula is C17H18FNOS. The van der Waals surface area contributed by atoms with E-state index in [0.29, 0.717) is 16.6 Å². The third-order valence-electron chi connectivity index (χ3n) is 4.06. The van der Waals surface area contributed by atoms with Gasteiger partial charge in [-0.3, -0.25) is 4.21 Å². The van der Waals surface area contributed by atoms with Gasteiger partial charge < -0.3 is 5.73 Å². The largest absolute Gasteiger partial charge is 0.398 e. The number of halogens is 1. The van der Waals surface area contributed by atoms with Crippen molar-refractivity contribution in [3.05, 3.63) is 59.4 Å². The number of anilines is 1. The lowest BCUT2D eigenvalue weighted by Crippen LogP contribution is -2.16. The SMILES string of the molecule is Nc1cc(F)ccc1S(=O)CC1CCCc2ccccc21. The summed E-state index contributed by atoms with van der Waals surface area (Å²) in [6.07, 6.45) is 3.26. The van der Waals surface area contributed by atoms with Crippen LogP contribution in [0.2, 0.25) is 0 Å². The Kier molecular flexibility index (Phi) is 4.06. The van der Waals surface area contributed by atoms with Crippen molar-refractivity contribution in [2.45, 2.75) is 30.1 Å². The normalized spacial score (nSPS) is 19.0. The number of rotatable bonds is 3. The minimum Gasteiger partial charge on any atom is -0.398 e. The molecule has 110 valence electrons. The Balaban J connectivity index is 1.83. The lowest BCUT2D eigenvalue weighted by atomic mass is 9.84. The molecular weight excluding hydrogens is 285 g/mol. The number of fused-ring (bicyclic) bond motifs is 1. The molecule has 2 nitrogen and oxygen atoms in total. The van der Waals surface area contributed by atoms with Crippen molar-refractivity contribution < 1.29 is 8.60 Å². The van der Waals surface area contributed by atoms with Crippen LogP contribution >= 0.6 is 0 Å². The third kappa shape index (κ3) is 3.00. The zero-order chi connectivity index (χ0) is 14.8. The standard InChI is InChI=1S/C17H18FNOS/c18-14-8-9-17(16(19)10-14)21(20)11-13-6-3-5-12-4-1-2-7-15(12)13/h1-2,4,7-10,13H,3,5-6,11,19H2. The first-order valence-corrected chi connectivity index (χ1v) is 8.48. The van der Waals surface area contributed by atoms with E-state index in [0.717, 1.165) is 19.3 Å². The van der Waals surface area contributed by atoms with Crippen molar-refractivity contribution in [3.63, 3.8) is 0 Å². The second-order valence-corrected chi connectivity index (χ2v) is 6.95. The van der Waals surface area contributed by atoms with Gasteiger partial charge in [-0.25, -0.2) is 4.39 Å². The van der Waals surface area contributed by atoms with Crippen LogP contribution in [0.15, 0.2) is 47.4 Å². The first-order chi connectivity index (χ1) is 10.1. The van der Waals surface area contributed by atoms with E-state index >= 15 is 0 Å². The molecule has 2 N–H and O–H groups in total. The predicted octanol–water partition coefficient (Wildman–Crippen LogP) is 3.64. The Hall–Kier alpha value is -1.68. The minimum atomic E-state index is -1.20. The Morgan fingerprint density at radius 3 is 2.86 bits per heavy atom. The molecule has 0 spiro atoms. The van der Waals surface area contributed by atoms with Gasteiger partial charge in [0, 0.05) is 5.75 Å². The van der Waals surface area contributed by atoms with Gasteiger partial charge in [0.05, 0.1) is 21.4 Å². The van der Waals surface area contributed by atoms with Crippen LogP contribution in [0, 0.1) is 5.82 Å². The molecule has 0 saturated heterocycles. The summed E-state index contributed by atoms with van der Waals surface area (Å²) in [6.45, 7) is 0. The fourth-order valence-corrected chi connectivity index (χ4v) is 4.46.